The number of benzene rings is 2. The first-order chi connectivity index (χ1) is 21.3. The molecule has 4 aromatic rings. The number of esters is 1. The highest BCUT2D eigenvalue weighted by Crippen LogP contribution is 2.36. The Labute approximate surface area is 259 Å². The van der Waals surface area contributed by atoms with Gasteiger partial charge in [0.15, 0.2) is 11.2 Å². The maximum absolute atomic E-state index is 13.9. The van der Waals surface area contributed by atoms with Gasteiger partial charge in [0.1, 0.15) is 23.7 Å². The number of halogens is 1. The molecule has 230 valence electrons. The zero-order valence-corrected chi connectivity index (χ0v) is 25.3. The number of anilines is 1. The van der Waals surface area contributed by atoms with Crippen LogP contribution in [0.15, 0.2) is 53.3 Å². The number of hydrogen-bond donors (Lipinski definition) is 1. The third-order valence-corrected chi connectivity index (χ3v) is 8.87. The van der Waals surface area contributed by atoms with Crippen LogP contribution in [0.5, 0.6) is 17.5 Å². The summed E-state index contributed by atoms with van der Waals surface area (Å²) in [5.74, 6) is 1.49. The predicted molar refractivity (Wildman–Crippen MR) is 166 cm³/mol. The minimum Gasteiger partial charge on any atom is -0.490 e. The zero-order valence-electron chi connectivity index (χ0n) is 24.5. The molecule has 3 aliphatic rings. The van der Waals surface area contributed by atoms with Gasteiger partial charge in [-0.3, -0.25) is 18.7 Å². The molecule has 2 saturated carbocycles. The van der Waals surface area contributed by atoms with E-state index in [9.17, 15) is 9.59 Å². The molecular weight excluding hydrogens is 584 g/mol. The second-order valence-corrected chi connectivity index (χ2v) is 12.4. The van der Waals surface area contributed by atoms with Gasteiger partial charge in [0.25, 0.3) is 5.56 Å². The fourth-order valence-electron chi connectivity index (χ4n) is 5.81. The topological polar surface area (TPSA) is 127 Å². The fourth-order valence-corrected chi connectivity index (χ4v) is 6.01. The molecule has 0 spiro atoms. The number of nitrogens with two attached hydrogens (primary N) is 1. The van der Waals surface area contributed by atoms with Crippen molar-refractivity contribution in [2.24, 2.45) is 18.7 Å². The molecule has 2 aliphatic carbocycles. The van der Waals surface area contributed by atoms with Crippen molar-refractivity contribution in [3.8, 4) is 17.5 Å². The Bertz CT molecular complexity index is 1760. The molecule has 1 aliphatic heterocycles. The average molecular weight is 619 g/mol. The Morgan fingerprint density at radius 1 is 1.05 bits per heavy atom. The van der Waals surface area contributed by atoms with E-state index in [1.807, 2.05) is 41.0 Å². The van der Waals surface area contributed by atoms with Crippen molar-refractivity contribution in [1.82, 2.24) is 19.1 Å². The monoisotopic (exact) mass is 618 g/mol. The van der Waals surface area contributed by atoms with Crippen molar-refractivity contribution >= 4 is 34.7 Å². The molecule has 1 saturated heterocycles. The van der Waals surface area contributed by atoms with Crippen LogP contribution in [-0.2, 0) is 23.1 Å². The summed E-state index contributed by atoms with van der Waals surface area (Å²) in [5, 5.41) is 0.609. The Kier molecular flexibility index (Phi) is 7.67. The molecule has 2 N–H and O–H groups in total. The number of fused-ring (bicyclic) bond motifs is 1. The lowest BCUT2D eigenvalue weighted by atomic mass is 9.82. The van der Waals surface area contributed by atoms with Gasteiger partial charge in [0, 0.05) is 37.3 Å². The van der Waals surface area contributed by atoms with Crippen LogP contribution in [0.1, 0.15) is 44.1 Å². The first kappa shape index (κ1) is 28.7. The molecule has 0 radical (unpaired) electrons. The predicted octanol–water partition coefficient (Wildman–Crippen LogP) is 4.41. The third-order valence-electron chi connectivity index (χ3n) is 8.50. The minimum absolute atomic E-state index is 0.0175. The van der Waals surface area contributed by atoms with Gasteiger partial charge in [-0.25, -0.2) is 0 Å². The van der Waals surface area contributed by atoms with Crippen LogP contribution in [0.3, 0.4) is 0 Å². The summed E-state index contributed by atoms with van der Waals surface area (Å²) in [6.45, 7) is 1.76. The van der Waals surface area contributed by atoms with Gasteiger partial charge >= 0.3 is 12.0 Å². The summed E-state index contributed by atoms with van der Waals surface area (Å²) < 4.78 is 20.9. The lowest BCUT2D eigenvalue weighted by molar-refractivity contribution is -0.156. The largest absolute Gasteiger partial charge is 0.490 e. The standard InChI is InChI=1S/C32H35ClN6O5/c1-37-29(40)27-28(35-31(38-13-5-7-21(34)18-38)39(27)17-19-6-2-3-10-26(19)33)36-32(37)44-24-9-4-8-23(16-24)42-25-14-20(15-25)30(41)43-22-11-12-22/h2-4,6,8-10,16,20-22,25H,5,7,11-15,17-18,34H2,1H3/t20?,21-,25?/m1/s1. The molecule has 0 unspecified atom stereocenters. The van der Waals surface area contributed by atoms with Crippen LogP contribution in [0.2, 0.25) is 5.02 Å². The van der Waals surface area contributed by atoms with E-state index in [0.717, 1.165) is 37.8 Å². The first-order valence-electron chi connectivity index (χ1n) is 15.2. The number of imidazole rings is 1. The molecule has 2 aromatic heterocycles. The van der Waals surface area contributed by atoms with E-state index in [4.69, 9.17) is 41.5 Å². The Morgan fingerprint density at radius 3 is 2.61 bits per heavy atom. The third kappa shape index (κ3) is 5.86. The van der Waals surface area contributed by atoms with Crippen LogP contribution in [-0.4, -0.2) is 56.4 Å². The Hall–Kier alpha value is -4.09. The SMILES string of the molecule is Cn1c(Oc2cccc(OC3CC(C(=O)OC4CC4)C3)c2)nc2nc(N3CCC[C@@H](N)C3)n(Cc3ccccc3Cl)c2c1=O. The summed E-state index contributed by atoms with van der Waals surface area (Å²) in [6, 6.07) is 14.9. The van der Waals surface area contributed by atoms with Gasteiger partial charge in [0.05, 0.1) is 12.5 Å². The molecule has 2 aromatic carbocycles. The van der Waals surface area contributed by atoms with Crippen LogP contribution in [0.25, 0.3) is 11.2 Å². The van der Waals surface area contributed by atoms with E-state index < -0.39 is 0 Å². The van der Waals surface area contributed by atoms with Gasteiger partial charge < -0.3 is 24.8 Å². The van der Waals surface area contributed by atoms with Crippen molar-refractivity contribution in [1.29, 1.82) is 0 Å². The molecule has 3 fully saturated rings. The lowest BCUT2D eigenvalue weighted by Gasteiger charge is -2.33. The number of hydrogen-bond acceptors (Lipinski definition) is 9. The van der Waals surface area contributed by atoms with Crippen molar-refractivity contribution in [3.05, 3.63) is 69.5 Å². The van der Waals surface area contributed by atoms with Crippen LogP contribution in [0.4, 0.5) is 5.95 Å². The molecular formula is C32H35ClN6O5. The Morgan fingerprint density at radius 2 is 1.84 bits per heavy atom. The molecule has 0 bridgehead atoms. The van der Waals surface area contributed by atoms with E-state index in [1.54, 1.807) is 19.2 Å². The number of piperidine rings is 1. The van der Waals surface area contributed by atoms with Gasteiger partial charge in [-0.05, 0) is 62.3 Å². The summed E-state index contributed by atoms with van der Waals surface area (Å²) in [6.07, 6.45) is 5.12. The molecule has 12 heteroatoms. The number of ether oxygens (including phenoxy) is 3. The van der Waals surface area contributed by atoms with E-state index in [-0.39, 0.29) is 47.4 Å². The molecule has 3 heterocycles. The number of rotatable bonds is 9. The summed E-state index contributed by atoms with van der Waals surface area (Å²) >= 11 is 6.52. The summed E-state index contributed by atoms with van der Waals surface area (Å²) in [4.78, 5) is 37.7. The van der Waals surface area contributed by atoms with Crippen LogP contribution < -0.4 is 25.7 Å². The quantitative estimate of drug-likeness (QED) is 0.271. The highest BCUT2D eigenvalue weighted by molar-refractivity contribution is 6.31. The second-order valence-electron chi connectivity index (χ2n) is 12.0. The molecule has 7 rings (SSSR count). The van der Waals surface area contributed by atoms with Crippen molar-refractivity contribution < 1.29 is 19.0 Å². The number of carbonyl (C=O) groups is 1. The van der Waals surface area contributed by atoms with Gasteiger partial charge in [-0.1, -0.05) is 35.9 Å². The Balaban J connectivity index is 1.14. The van der Waals surface area contributed by atoms with Crippen LogP contribution >= 0.6 is 11.6 Å². The molecule has 11 nitrogen and oxygen atoms in total. The van der Waals surface area contributed by atoms with E-state index in [2.05, 4.69) is 4.90 Å². The van der Waals surface area contributed by atoms with Crippen molar-refractivity contribution in [2.75, 3.05) is 18.0 Å². The van der Waals surface area contributed by atoms with E-state index in [1.165, 1.54) is 4.57 Å². The minimum atomic E-state index is -0.289. The average Bonchev–Trinajstić information content (AvgIpc) is 3.73. The highest BCUT2D eigenvalue weighted by atomic mass is 35.5. The number of carbonyl (C=O) groups excluding carboxylic acids is 1. The molecule has 0 amide bonds. The summed E-state index contributed by atoms with van der Waals surface area (Å²) in [7, 11) is 1.63. The molecule has 44 heavy (non-hydrogen) atoms. The van der Waals surface area contributed by atoms with Gasteiger partial charge in [-0.2, -0.15) is 9.97 Å². The smallest absolute Gasteiger partial charge is 0.309 e. The van der Waals surface area contributed by atoms with Gasteiger partial charge in [-0.15, -0.1) is 0 Å². The second kappa shape index (κ2) is 11.8. The van der Waals surface area contributed by atoms with Crippen LogP contribution in [0, 0.1) is 5.92 Å². The molecule has 1 atom stereocenters. The fraction of sp³-hybridized carbons (Fsp3) is 0.438. The zero-order chi connectivity index (χ0) is 30.4. The van der Waals surface area contributed by atoms with E-state index in [0.29, 0.717) is 53.9 Å². The number of aromatic nitrogens is 4. The van der Waals surface area contributed by atoms with E-state index >= 15 is 0 Å². The van der Waals surface area contributed by atoms with Crippen molar-refractivity contribution in [2.45, 2.75) is 63.3 Å². The normalized spacial score (nSPS) is 21.6. The van der Waals surface area contributed by atoms with Gasteiger partial charge in [0.2, 0.25) is 5.95 Å². The van der Waals surface area contributed by atoms with Crippen molar-refractivity contribution in [3.63, 3.8) is 0 Å². The lowest BCUT2D eigenvalue weighted by Crippen LogP contribution is -2.44. The number of nitrogens with zero attached hydrogens (tertiary/aromatic N) is 5. The maximum atomic E-state index is 13.9. The highest BCUT2D eigenvalue weighted by Gasteiger charge is 2.39. The summed E-state index contributed by atoms with van der Waals surface area (Å²) in [5.41, 5.74) is 7.54. The first-order valence-corrected chi connectivity index (χ1v) is 15.6. The maximum Gasteiger partial charge on any atom is 0.309 e.